The van der Waals surface area contributed by atoms with Crippen LogP contribution in [-0.4, -0.2) is 60.1 Å². The van der Waals surface area contributed by atoms with Crippen LogP contribution in [0.1, 0.15) is 16.6 Å². The molecule has 0 aliphatic carbocycles. The third kappa shape index (κ3) is 4.30. The van der Waals surface area contributed by atoms with Crippen LogP contribution in [0.25, 0.3) is 0 Å². The zero-order valence-electron chi connectivity index (χ0n) is 11.5. The van der Waals surface area contributed by atoms with Gasteiger partial charge in [-0.1, -0.05) is 11.3 Å². The molecule has 20 heavy (non-hydrogen) atoms. The number of hydrogen-bond acceptors (Lipinski definition) is 8. The van der Waals surface area contributed by atoms with E-state index in [1.807, 2.05) is 0 Å². The van der Waals surface area contributed by atoms with Crippen LogP contribution in [-0.2, 0) is 4.74 Å². The molecule has 1 rings (SSSR count). The van der Waals surface area contributed by atoms with Crippen LogP contribution in [0.15, 0.2) is 0 Å². The molecule has 1 aromatic rings. The molecule has 1 heterocycles. The molecule has 8 nitrogen and oxygen atoms in total. The molecule has 0 saturated carbocycles. The summed E-state index contributed by atoms with van der Waals surface area (Å²) < 4.78 is 4.89. The molecule has 0 unspecified atom stereocenters. The number of anilines is 2. The summed E-state index contributed by atoms with van der Waals surface area (Å²) in [5.41, 5.74) is 4.59. The standard InChI is InChI=1S/C11H20N4O4S/c1-11(5-16,6-17)15-9(18)7-8(12)14-10(20-7)13-3-4-19-2/h16-17H,3-6,12H2,1-2H3,(H,13,14)(H,15,18). The Morgan fingerprint density at radius 2 is 2.15 bits per heavy atom. The van der Waals surface area contributed by atoms with Crippen LogP contribution in [0.2, 0.25) is 0 Å². The Bertz CT molecular complexity index is 448. The lowest BCUT2D eigenvalue weighted by Crippen LogP contribution is -2.51. The number of hydrogen-bond donors (Lipinski definition) is 5. The van der Waals surface area contributed by atoms with Crippen molar-refractivity contribution in [2.24, 2.45) is 0 Å². The molecular weight excluding hydrogens is 284 g/mol. The fourth-order valence-electron chi connectivity index (χ4n) is 1.29. The highest BCUT2D eigenvalue weighted by molar-refractivity contribution is 7.18. The van der Waals surface area contributed by atoms with Gasteiger partial charge in [0.15, 0.2) is 5.13 Å². The van der Waals surface area contributed by atoms with E-state index in [9.17, 15) is 4.79 Å². The summed E-state index contributed by atoms with van der Waals surface area (Å²) in [6.45, 7) is 1.82. The van der Waals surface area contributed by atoms with Gasteiger partial charge in [0.2, 0.25) is 0 Å². The topological polar surface area (TPSA) is 130 Å². The van der Waals surface area contributed by atoms with Crippen LogP contribution in [0.3, 0.4) is 0 Å². The lowest BCUT2D eigenvalue weighted by Gasteiger charge is -2.25. The van der Waals surface area contributed by atoms with Gasteiger partial charge in [-0.25, -0.2) is 4.98 Å². The van der Waals surface area contributed by atoms with Crippen LogP contribution in [0, 0.1) is 0 Å². The minimum atomic E-state index is -1.10. The van der Waals surface area contributed by atoms with E-state index >= 15 is 0 Å². The SMILES string of the molecule is COCCNc1nc(N)c(C(=O)NC(C)(CO)CO)s1. The van der Waals surface area contributed by atoms with Crippen LogP contribution in [0.4, 0.5) is 10.9 Å². The minimum absolute atomic E-state index is 0.102. The van der Waals surface area contributed by atoms with E-state index in [2.05, 4.69) is 15.6 Å². The van der Waals surface area contributed by atoms with Gasteiger partial charge in [0.1, 0.15) is 10.7 Å². The molecule has 0 aliphatic rings. The Balaban J connectivity index is 2.73. The van der Waals surface area contributed by atoms with Crippen molar-refractivity contribution >= 4 is 28.2 Å². The Hall–Kier alpha value is -1.42. The molecule has 0 radical (unpaired) electrons. The van der Waals surface area contributed by atoms with Crippen molar-refractivity contribution in [2.75, 3.05) is 44.5 Å². The fourth-order valence-corrected chi connectivity index (χ4v) is 2.10. The maximum Gasteiger partial charge on any atom is 0.265 e. The number of nitrogens with two attached hydrogens (primary N) is 1. The first-order chi connectivity index (χ1) is 9.45. The quantitative estimate of drug-likeness (QED) is 0.400. The number of carbonyl (C=O) groups is 1. The summed E-state index contributed by atoms with van der Waals surface area (Å²) in [7, 11) is 1.58. The molecule has 0 spiro atoms. The van der Waals surface area contributed by atoms with Gasteiger partial charge in [0.25, 0.3) is 5.91 Å². The molecule has 0 aliphatic heterocycles. The zero-order chi connectivity index (χ0) is 15.2. The molecule has 6 N–H and O–H groups in total. The van der Waals surface area contributed by atoms with Crippen molar-refractivity contribution in [1.29, 1.82) is 0 Å². The number of thiazole rings is 1. The lowest BCUT2D eigenvalue weighted by atomic mass is 10.1. The molecule has 0 atom stereocenters. The van der Waals surface area contributed by atoms with Crippen LogP contribution < -0.4 is 16.4 Å². The lowest BCUT2D eigenvalue weighted by molar-refractivity contribution is 0.0728. The van der Waals surface area contributed by atoms with Crippen molar-refractivity contribution in [2.45, 2.75) is 12.5 Å². The fraction of sp³-hybridized carbons (Fsp3) is 0.636. The van der Waals surface area contributed by atoms with Gasteiger partial charge >= 0.3 is 0 Å². The molecule has 1 aromatic heterocycles. The smallest absolute Gasteiger partial charge is 0.265 e. The van der Waals surface area contributed by atoms with Crippen molar-refractivity contribution in [3.8, 4) is 0 Å². The van der Waals surface area contributed by atoms with Gasteiger partial charge < -0.3 is 31.3 Å². The number of carbonyl (C=O) groups excluding carboxylic acids is 1. The number of aliphatic hydroxyl groups excluding tert-OH is 2. The number of nitrogens with zero attached hydrogens (tertiary/aromatic N) is 1. The van der Waals surface area contributed by atoms with Gasteiger partial charge in [-0.3, -0.25) is 4.79 Å². The molecule has 114 valence electrons. The van der Waals surface area contributed by atoms with E-state index in [0.29, 0.717) is 18.3 Å². The number of rotatable bonds is 8. The first-order valence-electron chi connectivity index (χ1n) is 5.99. The average Bonchev–Trinajstić information content (AvgIpc) is 2.80. The first-order valence-corrected chi connectivity index (χ1v) is 6.80. The second-order valence-corrected chi connectivity index (χ2v) is 5.48. The summed E-state index contributed by atoms with van der Waals surface area (Å²) in [5.74, 6) is -0.379. The third-order valence-electron chi connectivity index (χ3n) is 2.56. The molecule has 9 heteroatoms. The number of methoxy groups -OCH3 is 1. The molecule has 1 amide bonds. The Morgan fingerprint density at radius 1 is 1.50 bits per heavy atom. The van der Waals surface area contributed by atoms with Crippen LogP contribution in [0.5, 0.6) is 0 Å². The summed E-state index contributed by atoms with van der Waals surface area (Å²) in [6, 6.07) is 0. The second-order valence-electron chi connectivity index (χ2n) is 4.48. The van der Waals surface area contributed by atoms with Crippen LogP contribution >= 0.6 is 11.3 Å². The molecular formula is C11H20N4O4S. The van der Waals surface area contributed by atoms with Gasteiger partial charge in [-0.15, -0.1) is 0 Å². The minimum Gasteiger partial charge on any atom is -0.394 e. The maximum absolute atomic E-state index is 12.0. The number of amides is 1. The molecule has 0 fully saturated rings. The Labute approximate surface area is 121 Å². The van der Waals surface area contributed by atoms with Gasteiger partial charge in [-0.05, 0) is 6.92 Å². The largest absolute Gasteiger partial charge is 0.394 e. The third-order valence-corrected chi connectivity index (χ3v) is 3.58. The van der Waals surface area contributed by atoms with Gasteiger partial charge in [-0.2, -0.15) is 0 Å². The summed E-state index contributed by atoms with van der Waals surface area (Å²) in [6.07, 6.45) is 0. The van der Waals surface area contributed by atoms with E-state index in [4.69, 9.17) is 20.7 Å². The highest BCUT2D eigenvalue weighted by Crippen LogP contribution is 2.25. The number of aromatic nitrogens is 1. The summed E-state index contributed by atoms with van der Waals surface area (Å²) in [4.78, 5) is 16.3. The highest BCUT2D eigenvalue weighted by atomic mass is 32.1. The van der Waals surface area contributed by atoms with E-state index in [1.54, 1.807) is 7.11 Å². The van der Waals surface area contributed by atoms with Gasteiger partial charge in [0, 0.05) is 13.7 Å². The predicted octanol–water partition coefficient (Wildman–Crippen LogP) is -0.743. The Morgan fingerprint density at radius 3 is 2.70 bits per heavy atom. The molecule has 0 saturated heterocycles. The highest BCUT2D eigenvalue weighted by Gasteiger charge is 2.27. The van der Waals surface area contributed by atoms with E-state index in [-0.39, 0.29) is 23.9 Å². The molecule has 0 aromatic carbocycles. The Kier molecular flexibility index (Phi) is 6.14. The van der Waals surface area contributed by atoms with Crippen molar-refractivity contribution in [3.63, 3.8) is 0 Å². The van der Waals surface area contributed by atoms with Crippen molar-refractivity contribution in [1.82, 2.24) is 10.3 Å². The maximum atomic E-state index is 12.0. The van der Waals surface area contributed by atoms with E-state index in [1.165, 1.54) is 6.92 Å². The van der Waals surface area contributed by atoms with E-state index in [0.717, 1.165) is 11.3 Å². The first kappa shape index (κ1) is 16.6. The van der Waals surface area contributed by atoms with Gasteiger partial charge in [0.05, 0.1) is 25.4 Å². The summed E-state index contributed by atoms with van der Waals surface area (Å²) >= 11 is 1.10. The number of ether oxygens (including phenoxy) is 1. The van der Waals surface area contributed by atoms with Crippen molar-refractivity contribution in [3.05, 3.63) is 4.88 Å². The van der Waals surface area contributed by atoms with Crippen molar-refractivity contribution < 1.29 is 19.7 Å². The zero-order valence-corrected chi connectivity index (χ0v) is 12.3. The van der Waals surface area contributed by atoms with E-state index < -0.39 is 11.4 Å². The number of nitrogen functional groups attached to an aromatic ring is 1. The predicted molar refractivity (Wildman–Crippen MR) is 76.9 cm³/mol. The normalized spacial score (nSPS) is 11.4. The number of nitrogens with one attached hydrogen (secondary N) is 2. The molecule has 0 bridgehead atoms. The average molecular weight is 304 g/mol. The monoisotopic (exact) mass is 304 g/mol. The number of aliphatic hydroxyl groups is 2. The summed E-state index contributed by atoms with van der Waals surface area (Å²) in [5, 5.41) is 24.3. The second kappa shape index (κ2) is 7.39.